The van der Waals surface area contributed by atoms with Gasteiger partial charge in [-0.3, -0.25) is 4.21 Å². The highest BCUT2D eigenvalue weighted by Gasteiger charge is 2.38. The van der Waals surface area contributed by atoms with Gasteiger partial charge in [-0.25, -0.2) is 9.31 Å². The Morgan fingerprint density at radius 2 is 2.25 bits per heavy atom. The zero-order valence-electron chi connectivity index (χ0n) is 13.3. The third-order valence-corrected chi connectivity index (χ3v) is 4.09. The van der Waals surface area contributed by atoms with E-state index in [0.29, 0.717) is 11.2 Å². The summed E-state index contributed by atoms with van der Waals surface area (Å²) in [5, 5.41) is 12.1. The molecule has 128 valence electrons. The largest absolute Gasteiger partial charge is 0.768 e. The number of ether oxygens (including phenoxy) is 1. The van der Waals surface area contributed by atoms with Gasteiger partial charge in [0, 0.05) is 10.6 Å². The fourth-order valence-electron chi connectivity index (χ4n) is 1.93. The number of carbonyl (C=O) groups is 1. The zero-order chi connectivity index (χ0) is 17.9. The number of fused-ring (bicyclic) bond motifs is 1. The van der Waals surface area contributed by atoms with Crippen LogP contribution in [0.1, 0.15) is 35.8 Å². The molecule has 1 unspecified atom stereocenters. The third-order valence-electron chi connectivity index (χ3n) is 3.47. The minimum Gasteiger partial charge on any atom is -0.768 e. The Labute approximate surface area is 141 Å². The summed E-state index contributed by atoms with van der Waals surface area (Å²) >= 11 is -2.35. The molecule has 1 atom stereocenters. The molecule has 24 heavy (non-hydrogen) atoms. The smallest absolute Gasteiger partial charge is 0.341 e. The summed E-state index contributed by atoms with van der Waals surface area (Å²) in [5.41, 5.74) is 6.19. The molecule has 2 heterocycles. The van der Waals surface area contributed by atoms with Crippen molar-refractivity contribution >= 4 is 22.6 Å². The molecule has 0 aromatic carbocycles. The number of rotatable bonds is 3. The first-order valence-corrected chi connectivity index (χ1v) is 8.33. The van der Waals surface area contributed by atoms with E-state index in [4.69, 9.17) is 15.7 Å². The number of esters is 1. The number of nitriles is 1. The number of nitrogens with two attached hydrogens (primary N) is 1. The van der Waals surface area contributed by atoms with Crippen LogP contribution in [0.4, 0.5) is 0 Å². The van der Waals surface area contributed by atoms with E-state index in [1.807, 2.05) is 6.07 Å². The van der Waals surface area contributed by atoms with Crippen LogP contribution >= 0.6 is 0 Å². The Morgan fingerprint density at radius 3 is 2.71 bits per heavy atom. The number of carbonyl (C=O) groups excluding carboxylic acids is 1. The van der Waals surface area contributed by atoms with Crippen LogP contribution in [0.25, 0.3) is 5.52 Å². The number of nitrogens with zero attached hydrogens (tertiary/aromatic N) is 3. The average molecular weight is 349 g/mol. The Morgan fingerprint density at radius 1 is 1.58 bits per heavy atom. The van der Waals surface area contributed by atoms with Crippen molar-refractivity contribution in [2.45, 2.75) is 37.1 Å². The number of hydrogen-bond donors (Lipinski definition) is 1. The third kappa shape index (κ3) is 3.97. The molecule has 0 spiro atoms. The molecule has 2 aromatic rings. The standard InChI is InChI=1S/C11H12N2O4S.C4H6N2/c1-3-17-11(14)9-6-12-13-7(2)4-8(18(15)16)5-10(9)13;5-3-4(6)1-2-4/h4-6H,3H2,1-2H3,(H,15,16);1-2,6H2/p-1. The molecule has 1 aliphatic rings. The Hall–Kier alpha value is -2.28. The summed E-state index contributed by atoms with van der Waals surface area (Å²) in [5.74, 6) is -0.513. The van der Waals surface area contributed by atoms with Gasteiger partial charge < -0.3 is 15.0 Å². The van der Waals surface area contributed by atoms with E-state index in [-0.39, 0.29) is 17.1 Å². The van der Waals surface area contributed by atoms with Gasteiger partial charge >= 0.3 is 5.97 Å². The lowest BCUT2D eigenvalue weighted by Gasteiger charge is -2.08. The molecule has 0 radical (unpaired) electrons. The van der Waals surface area contributed by atoms with Crippen LogP contribution in [-0.4, -0.2) is 36.5 Å². The molecule has 9 heteroatoms. The summed E-state index contributed by atoms with van der Waals surface area (Å²) in [6.07, 6.45) is 3.16. The molecule has 8 nitrogen and oxygen atoms in total. The van der Waals surface area contributed by atoms with E-state index in [1.165, 1.54) is 22.8 Å². The van der Waals surface area contributed by atoms with Gasteiger partial charge in [-0.2, -0.15) is 10.4 Å². The van der Waals surface area contributed by atoms with Crippen LogP contribution in [0.2, 0.25) is 0 Å². The van der Waals surface area contributed by atoms with Crippen LogP contribution < -0.4 is 5.73 Å². The summed E-state index contributed by atoms with van der Waals surface area (Å²) in [6, 6.07) is 4.88. The van der Waals surface area contributed by atoms with Crippen LogP contribution in [0.5, 0.6) is 0 Å². The minimum absolute atomic E-state index is 0.117. The molecule has 0 bridgehead atoms. The van der Waals surface area contributed by atoms with E-state index in [2.05, 4.69) is 5.10 Å². The normalized spacial score (nSPS) is 15.8. The highest BCUT2D eigenvalue weighted by atomic mass is 32.2. The van der Waals surface area contributed by atoms with Crippen molar-refractivity contribution in [3.63, 3.8) is 0 Å². The second-order valence-electron chi connectivity index (χ2n) is 5.41. The van der Waals surface area contributed by atoms with Gasteiger partial charge in [0.2, 0.25) is 0 Å². The minimum atomic E-state index is -2.35. The molecule has 0 aliphatic heterocycles. The van der Waals surface area contributed by atoms with Gasteiger partial charge in [-0.05, 0) is 49.9 Å². The highest BCUT2D eigenvalue weighted by molar-refractivity contribution is 7.79. The van der Waals surface area contributed by atoms with E-state index >= 15 is 0 Å². The van der Waals surface area contributed by atoms with Gasteiger partial charge in [0.25, 0.3) is 0 Å². The number of aryl methyl sites for hydroxylation is 1. The lowest BCUT2D eigenvalue weighted by atomic mass is 10.2. The number of aromatic nitrogens is 2. The zero-order valence-corrected chi connectivity index (χ0v) is 14.1. The SMILES string of the molecule is CCOC(=O)c1cnn2c(C)cc(S(=O)[O-])cc12.N#CC1(N)CC1. The number of pyridine rings is 1. The van der Waals surface area contributed by atoms with Crippen molar-refractivity contribution in [3.05, 3.63) is 29.6 Å². The topological polar surface area (TPSA) is 134 Å². The Balaban J connectivity index is 0.000000292. The van der Waals surface area contributed by atoms with E-state index in [9.17, 15) is 13.6 Å². The quantitative estimate of drug-likeness (QED) is 0.646. The van der Waals surface area contributed by atoms with Crippen LogP contribution in [0.15, 0.2) is 23.2 Å². The van der Waals surface area contributed by atoms with Crippen molar-refractivity contribution in [1.29, 1.82) is 5.26 Å². The van der Waals surface area contributed by atoms with Crippen LogP contribution in [0, 0.1) is 18.3 Å². The highest BCUT2D eigenvalue weighted by Crippen LogP contribution is 2.30. The predicted molar refractivity (Wildman–Crippen MR) is 84.8 cm³/mol. The average Bonchev–Trinajstić information content (AvgIpc) is 3.12. The molecular formula is C15H17N4O4S-. The fourth-order valence-corrected chi connectivity index (χ4v) is 2.40. The predicted octanol–water partition coefficient (Wildman–Crippen LogP) is 1.06. The van der Waals surface area contributed by atoms with Crippen LogP contribution in [0.3, 0.4) is 0 Å². The van der Waals surface area contributed by atoms with Crippen LogP contribution in [-0.2, 0) is 15.8 Å². The van der Waals surface area contributed by atoms with Gasteiger partial charge in [0.05, 0.1) is 24.4 Å². The summed E-state index contributed by atoms with van der Waals surface area (Å²) < 4.78 is 28.4. The summed E-state index contributed by atoms with van der Waals surface area (Å²) in [6.45, 7) is 3.67. The van der Waals surface area contributed by atoms with Gasteiger partial charge in [0.15, 0.2) is 0 Å². The molecule has 1 fully saturated rings. The molecular weight excluding hydrogens is 332 g/mol. The van der Waals surface area contributed by atoms with Gasteiger partial charge in [-0.1, -0.05) is 0 Å². The summed E-state index contributed by atoms with van der Waals surface area (Å²) in [7, 11) is 0. The van der Waals surface area contributed by atoms with Crippen molar-refractivity contribution in [2.75, 3.05) is 6.61 Å². The first kappa shape index (κ1) is 18.1. The Bertz CT molecular complexity index is 836. The monoisotopic (exact) mass is 349 g/mol. The van der Waals surface area contributed by atoms with Crippen molar-refractivity contribution in [3.8, 4) is 6.07 Å². The molecule has 1 aliphatic carbocycles. The first-order valence-electron chi connectivity index (χ1n) is 7.26. The fraction of sp³-hybridized carbons (Fsp3) is 0.400. The van der Waals surface area contributed by atoms with Crippen molar-refractivity contribution < 1.29 is 18.3 Å². The maximum absolute atomic E-state index is 11.7. The molecule has 2 aromatic heterocycles. The molecule has 3 rings (SSSR count). The van der Waals surface area contributed by atoms with Crippen molar-refractivity contribution in [1.82, 2.24) is 9.61 Å². The maximum atomic E-state index is 11.7. The summed E-state index contributed by atoms with van der Waals surface area (Å²) in [4.78, 5) is 11.8. The molecule has 1 saturated carbocycles. The van der Waals surface area contributed by atoms with E-state index in [0.717, 1.165) is 12.8 Å². The lowest BCUT2D eigenvalue weighted by Crippen LogP contribution is -2.17. The number of hydrogen-bond acceptors (Lipinski definition) is 7. The molecule has 0 saturated heterocycles. The first-order chi connectivity index (χ1) is 11.3. The second kappa shape index (κ2) is 7.09. The molecule has 0 amide bonds. The van der Waals surface area contributed by atoms with Gasteiger partial charge in [0.1, 0.15) is 11.1 Å². The van der Waals surface area contributed by atoms with Crippen molar-refractivity contribution in [2.24, 2.45) is 5.73 Å². The lowest BCUT2D eigenvalue weighted by molar-refractivity contribution is 0.0528. The van der Waals surface area contributed by atoms with Gasteiger partial charge in [-0.15, -0.1) is 0 Å². The maximum Gasteiger partial charge on any atom is 0.341 e. The van der Waals surface area contributed by atoms with E-state index in [1.54, 1.807) is 13.8 Å². The second-order valence-corrected chi connectivity index (χ2v) is 6.35. The Kier molecular flexibility index (Phi) is 5.33. The molecule has 2 N–H and O–H groups in total. The van der Waals surface area contributed by atoms with E-state index < -0.39 is 22.6 Å².